The molecule has 4 nitrogen and oxygen atoms in total. The highest BCUT2D eigenvalue weighted by Gasteiger charge is 2.13. The average Bonchev–Trinajstić information content (AvgIpc) is 3.16. The van der Waals surface area contributed by atoms with Gasteiger partial charge >= 0.3 is 0 Å². The zero-order valence-corrected chi connectivity index (χ0v) is 19.5. The quantitative estimate of drug-likeness (QED) is 0.212. The first-order valence-electron chi connectivity index (χ1n) is 8.87. The number of nitrogens with one attached hydrogen (secondary N) is 1. The molecule has 1 N–H and O–H groups in total. The molecule has 0 aliphatic rings. The highest BCUT2D eigenvalue weighted by Crippen LogP contribution is 2.32. The number of hydrogen-bond donors (Lipinski definition) is 1. The lowest BCUT2D eigenvalue weighted by atomic mass is 10.1. The Labute approximate surface area is 195 Å². The van der Waals surface area contributed by atoms with Gasteiger partial charge < -0.3 is 9.72 Å². The van der Waals surface area contributed by atoms with Crippen molar-refractivity contribution in [3.63, 3.8) is 0 Å². The van der Waals surface area contributed by atoms with Crippen LogP contribution in [0.15, 0.2) is 66.7 Å². The van der Waals surface area contributed by atoms with Crippen molar-refractivity contribution in [3.05, 3.63) is 90.8 Å². The van der Waals surface area contributed by atoms with Crippen LogP contribution in [0.2, 0.25) is 0 Å². The molecule has 0 radical (unpaired) electrons. The summed E-state index contributed by atoms with van der Waals surface area (Å²) in [5.41, 5.74) is 4.15. The second kappa shape index (κ2) is 8.97. The van der Waals surface area contributed by atoms with Gasteiger partial charge in [0.2, 0.25) is 0 Å². The first-order valence-corrected chi connectivity index (χ1v) is 11.0. The van der Waals surface area contributed by atoms with E-state index >= 15 is 0 Å². The summed E-state index contributed by atoms with van der Waals surface area (Å²) in [5, 5.41) is 9.78. The van der Waals surface area contributed by atoms with Crippen LogP contribution in [0.3, 0.4) is 0 Å². The second-order valence-electron chi connectivity index (χ2n) is 6.35. The van der Waals surface area contributed by atoms with Gasteiger partial charge in [0.05, 0.1) is 20.2 Å². The Morgan fingerprint density at radius 3 is 2.59 bits per heavy atom. The molecule has 0 spiro atoms. The topological polar surface area (TPSA) is 61.7 Å². The van der Waals surface area contributed by atoms with E-state index in [-0.39, 0.29) is 0 Å². The van der Waals surface area contributed by atoms with Gasteiger partial charge in [0.25, 0.3) is 0 Å². The number of halogens is 2. The number of rotatable bonds is 5. The molecule has 0 bridgehead atoms. The Bertz CT molecular complexity index is 1210. The van der Waals surface area contributed by atoms with Crippen molar-refractivity contribution in [1.82, 2.24) is 9.97 Å². The minimum absolute atomic E-state index is 0.462. The zero-order chi connectivity index (χ0) is 20.2. The van der Waals surface area contributed by atoms with Crippen LogP contribution in [0.1, 0.15) is 17.0 Å². The van der Waals surface area contributed by atoms with Crippen molar-refractivity contribution in [2.24, 2.45) is 0 Å². The number of nitrogens with zero attached hydrogens (tertiary/aromatic N) is 2. The number of hydrogen-bond acceptors (Lipinski definition) is 3. The maximum absolute atomic E-state index is 9.78. The number of allylic oxidation sites excluding steroid dienone is 1. The number of nitriles is 1. The fourth-order valence-electron chi connectivity index (χ4n) is 2.96. The number of para-hydroxylation sites is 2. The third-order valence-electron chi connectivity index (χ3n) is 4.33. The molecule has 1 aromatic heterocycles. The number of fused-ring (bicyclic) bond motifs is 1. The number of H-pyrrole nitrogens is 1. The number of ether oxygens (including phenoxy) is 1. The molecule has 0 saturated carbocycles. The Kier molecular flexibility index (Phi) is 6.16. The highest BCUT2D eigenvalue weighted by molar-refractivity contribution is 14.1. The lowest BCUT2D eigenvalue weighted by molar-refractivity contribution is 0.303. The summed E-state index contributed by atoms with van der Waals surface area (Å²) in [6.07, 6.45) is 1.84. The Morgan fingerprint density at radius 1 is 1.07 bits per heavy atom. The fraction of sp³-hybridized carbons (Fsp3) is 0.0435. The smallest absolute Gasteiger partial charge is 0.149 e. The largest absolute Gasteiger partial charge is 0.487 e. The summed E-state index contributed by atoms with van der Waals surface area (Å²) in [6.45, 7) is 0.463. The molecule has 3 aromatic carbocycles. The summed E-state index contributed by atoms with van der Waals surface area (Å²) in [6, 6.07) is 24.1. The average molecular weight is 603 g/mol. The molecule has 1 heterocycles. The van der Waals surface area contributed by atoms with Crippen LogP contribution in [-0.4, -0.2) is 9.97 Å². The highest BCUT2D eigenvalue weighted by atomic mass is 127. The molecule has 0 aliphatic heterocycles. The van der Waals surface area contributed by atoms with Crippen LogP contribution in [0, 0.1) is 18.5 Å². The lowest BCUT2D eigenvalue weighted by Gasteiger charge is -2.13. The van der Waals surface area contributed by atoms with Crippen molar-refractivity contribution in [2.45, 2.75) is 6.61 Å². The van der Waals surface area contributed by atoms with Crippen LogP contribution in [0.5, 0.6) is 5.75 Å². The van der Waals surface area contributed by atoms with Gasteiger partial charge in [-0.15, -0.1) is 0 Å². The Morgan fingerprint density at radius 2 is 1.83 bits per heavy atom. The van der Waals surface area contributed by atoms with E-state index in [9.17, 15) is 5.26 Å². The summed E-state index contributed by atoms with van der Waals surface area (Å²) >= 11 is 4.55. The molecule has 4 aromatic rings. The second-order valence-corrected chi connectivity index (χ2v) is 8.76. The number of benzene rings is 3. The van der Waals surface area contributed by atoms with Crippen molar-refractivity contribution >= 4 is 67.9 Å². The van der Waals surface area contributed by atoms with Gasteiger partial charge in [-0.05, 0) is 81.1 Å². The molecule has 6 heteroatoms. The molecular formula is C23H15I2N3O. The SMILES string of the molecule is N#C/C(=C\c1cc(I)cc(I)c1OCc1ccccc1)c1nc2ccccc2[nH]1. The molecule has 4 rings (SSSR count). The monoisotopic (exact) mass is 603 g/mol. The lowest BCUT2D eigenvalue weighted by Crippen LogP contribution is -2.00. The van der Waals surface area contributed by atoms with Crippen molar-refractivity contribution < 1.29 is 4.74 Å². The zero-order valence-electron chi connectivity index (χ0n) is 15.2. The fourth-order valence-corrected chi connectivity index (χ4v) is 5.00. The number of aromatic nitrogens is 2. The van der Waals surface area contributed by atoms with Gasteiger partial charge in [0.15, 0.2) is 0 Å². The van der Waals surface area contributed by atoms with Gasteiger partial charge in [0.1, 0.15) is 24.3 Å². The van der Waals surface area contributed by atoms with Crippen LogP contribution < -0.4 is 4.74 Å². The maximum Gasteiger partial charge on any atom is 0.149 e. The van der Waals surface area contributed by atoms with Crippen molar-refractivity contribution in [1.29, 1.82) is 5.26 Å². The van der Waals surface area contributed by atoms with Crippen LogP contribution in [0.25, 0.3) is 22.7 Å². The van der Waals surface area contributed by atoms with E-state index in [1.165, 1.54) is 0 Å². The van der Waals surface area contributed by atoms with Crippen LogP contribution >= 0.6 is 45.2 Å². The third kappa shape index (κ3) is 4.62. The summed E-state index contributed by atoms with van der Waals surface area (Å²) in [4.78, 5) is 7.78. The van der Waals surface area contributed by atoms with Crippen LogP contribution in [0.4, 0.5) is 0 Å². The van der Waals surface area contributed by atoms with E-state index in [2.05, 4.69) is 67.3 Å². The predicted octanol–water partition coefficient (Wildman–Crippen LogP) is 6.42. The standard InChI is InChI=1S/C23H15I2N3O/c24-18-11-16(22(19(25)12-18)29-14-15-6-2-1-3-7-15)10-17(13-26)23-27-20-8-4-5-9-21(20)28-23/h1-12H,14H2,(H,27,28)/b17-10+. The number of imidazole rings is 1. The van der Waals surface area contributed by atoms with E-state index in [4.69, 9.17) is 4.74 Å². The van der Waals surface area contributed by atoms with Crippen molar-refractivity contribution in [3.8, 4) is 11.8 Å². The molecule has 0 fully saturated rings. The molecule has 0 aliphatic carbocycles. The van der Waals surface area contributed by atoms with Gasteiger partial charge in [-0.25, -0.2) is 4.98 Å². The summed E-state index contributed by atoms with van der Waals surface area (Å²) < 4.78 is 8.23. The van der Waals surface area contributed by atoms with Gasteiger partial charge in [-0.2, -0.15) is 5.26 Å². The molecule has 0 amide bonds. The summed E-state index contributed by atoms with van der Waals surface area (Å²) in [5.74, 6) is 1.32. The summed E-state index contributed by atoms with van der Waals surface area (Å²) in [7, 11) is 0. The maximum atomic E-state index is 9.78. The number of aromatic amines is 1. The van der Waals surface area contributed by atoms with E-state index in [0.717, 1.165) is 35.1 Å². The van der Waals surface area contributed by atoms with E-state index in [1.54, 1.807) is 0 Å². The minimum atomic E-state index is 0.462. The van der Waals surface area contributed by atoms with E-state index in [1.807, 2.05) is 66.7 Å². The molecule has 0 unspecified atom stereocenters. The van der Waals surface area contributed by atoms with Crippen molar-refractivity contribution in [2.75, 3.05) is 0 Å². The Hall–Kier alpha value is -2.38. The van der Waals surface area contributed by atoms with Crippen LogP contribution in [-0.2, 0) is 6.61 Å². The Balaban J connectivity index is 1.73. The first-order chi connectivity index (χ1) is 14.1. The molecule has 0 saturated heterocycles. The minimum Gasteiger partial charge on any atom is -0.487 e. The van der Waals surface area contributed by atoms with E-state index < -0.39 is 0 Å². The van der Waals surface area contributed by atoms with Gasteiger partial charge in [-0.3, -0.25) is 0 Å². The van der Waals surface area contributed by atoms with Gasteiger partial charge in [-0.1, -0.05) is 42.5 Å². The molecule has 0 atom stereocenters. The predicted molar refractivity (Wildman–Crippen MR) is 132 cm³/mol. The molecule has 29 heavy (non-hydrogen) atoms. The third-order valence-corrected chi connectivity index (χ3v) is 5.75. The van der Waals surface area contributed by atoms with Gasteiger partial charge in [0, 0.05) is 9.13 Å². The molecule has 142 valence electrons. The normalized spacial score (nSPS) is 11.4. The van der Waals surface area contributed by atoms with E-state index in [0.29, 0.717) is 18.0 Å². The molecular weight excluding hydrogens is 588 g/mol. The first kappa shape index (κ1) is 19.9.